The number of para-hydroxylation sites is 1. The second kappa shape index (κ2) is 13.1. The normalized spacial score (nSPS) is 10.4. The van der Waals surface area contributed by atoms with Gasteiger partial charge in [-0.1, -0.05) is 70.2 Å². The Bertz CT molecular complexity index is 380. The zero-order valence-electron chi connectivity index (χ0n) is 13.3. The molecule has 1 aromatic rings. The lowest BCUT2D eigenvalue weighted by atomic mass is 10.1. The lowest BCUT2D eigenvalue weighted by Gasteiger charge is -2.05. The van der Waals surface area contributed by atoms with Crippen LogP contribution in [0.2, 0.25) is 0 Å². The first-order chi connectivity index (χ1) is 10.8. The summed E-state index contributed by atoms with van der Waals surface area (Å²) in [5.41, 5.74) is 0. The van der Waals surface area contributed by atoms with Gasteiger partial charge in [-0.05, 0) is 18.6 Å². The van der Waals surface area contributed by atoms with E-state index in [4.69, 9.17) is 9.78 Å². The first-order valence-electron chi connectivity index (χ1n) is 7.90. The summed E-state index contributed by atoms with van der Waals surface area (Å²) in [7, 11) is 0. The molecule has 0 bridgehead atoms. The van der Waals surface area contributed by atoms with E-state index in [1.54, 1.807) is 24.3 Å². The number of rotatable bonds is 14. The second-order valence-corrected chi connectivity index (χ2v) is 5.09. The van der Waals surface area contributed by atoms with Crippen LogP contribution in [0.15, 0.2) is 42.7 Å². The maximum absolute atomic E-state index is 4.80. The third-order valence-corrected chi connectivity index (χ3v) is 3.14. The van der Waals surface area contributed by atoms with Gasteiger partial charge in [0.2, 0.25) is 0 Å². The number of hydrogen-bond donors (Lipinski definition) is 0. The van der Waals surface area contributed by atoms with Crippen molar-refractivity contribution in [2.24, 2.45) is 0 Å². The highest BCUT2D eigenvalue weighted by Crippen LogP contribution is 2.13. The smallest absolute Gasteiger partial charge is 0.168 e. The summed E-state index contributed by atoms with van der Waals surface area (Å²) in [5.74, 6) is 0.991. The van der Waals surface area contributed by atoms with Crippen LogP contribution in [0.25, 0.3) is 0 Å². The molecule has 0 N–H and O–H groups in total. The van der Waals surface area contributed by atoms with Gasteiger partial charge in [-0.15, -0.1) is 0 Å². The molecule has 0 atom stereocenters. The molecule has 0 amide bonds. The van der Waals surface area contributed by atoms with Crippen molar-refractivity contribution in [2.75, 3.05) is 0 Å². The zero-order valence-corrected chi connectivity index (χ0v) is 13.3. The minimum absolute atomic E-state index is 0.494. The molecule has 0 saturated carbocycles. The predicted molar refractivity (Wildman–Crippen MR) is 83.2 cm³/mol. The summed E-state index contributed by atoms with van der Waals surface area (Å²) in [6.07, 6.45) is 9.39. The van der Waals surface area contributed by atoms with Crippen molar-refractivity contribution in [3.05, 3.63) is 42.7 Å². The monoisotopic (exact) mass is 310 g/mol. The molecular formula is C17H26O5. The standard InChI is InChI=1S/C17H26O5/c1-3-4-5-6-7-8-10-13-16(2)18-20-22-21-19-17-14-11-9-12-15-17/h9,11-12,14-15H,2-8,10,13H2,1H3. The van der Waals surface area contributed by atoms with Gasteiger partial charge >= 0.3 is 0 Å². The molecule has 1 rings (SSSR count). The highest BCUT2D eigenvalue weighted by molar-refractivity contribution is 5.19. The van der Waals surface area contributed by atoms with E-state index in [0.717, 1.165) is 12.8 Å². The molecule has 0 spiro atoms. The van der Waals surface area contributed by atoms with Gasteiger partial charge in [-0.25, -0.2) is 0 Å². The summed E-state index contributed by atoms with van der Waals surface area (Å²) >= 11 is 0. The fourth-order valence-electron chi connectivity index (χ4n) is 1.92. The summed E-state index contributed by atoms with van der Waals surface area (Å²) in [6, 6.07) is 8.90. The number of hydrogen-bond acceptors (Lipinski definition) is 5. The third-order valence-electron chi connectivity index (χ3n) is 3.14. The van der Waals surface area contributed by atoms with Crippen molar-refractivity contribution in [3.8, 4) is 5.75 Å². The van der Waals surface area contributed by atoms with E-state index in [2.05, 4.69) is 28.6 Å². The maximum Gasteiger partial charge on any atom is 0.168 e. The summed E-state index contributed by atoms with van der Waals surface area (Å²) in [4.78, 5) is 9.58. The lowest BCUT2D eigenvalue weighted by Crippen LogP contribution is -2.01. The Hall–Kier alpha value is -1.56. The van der Waals surface area contributed by atoms with Crippen LogP contribution in [0.1, 0.15) is 58.3 Å². The van der Waals surface area contributed by atoms with Gasteiger partial charge in [-0.2, -0.15) is 0 Å². The molecule has 0 aliphatic carbocycles. The molecule has 0 aliphatic rings. The average Bonchev–Trinajstić information content (AvgIpc) is 2.54. The molecule has 1 aromatic carbocycles. The lowest BCUT2D eigenvalue weighted by molar-refractivity contribution is -0.684. The van der Waals surface area contributed by atoms with E-state index in [0.29, 0.717) is 11.5 Å². The van der Waals surface area contributed by atoms with E-state index < -0.39 is 0 Å². The fourth-order valence-corrected chi connectivity index (χ4v) is 1.92. The van der Waals surface area contributed by atoms with Crippen molar-refractivity contribution >= 4 is 0 Å². The van der Waals surface area contributed by atoms with Crippen LogP contribution in [0.4, 0.5) is 0 Å². The molecule has 0 aromatic heterocycles. The quantitative estimate of drug-likeness (QED) is 0.198. The van der Waals surface area contributed by atoms with Crippen LogP contribution in [0.3, 0.4) is 0 Å². The van der Waals surface area contributed by atoms with Gasteiger partial charge in [0.25, 0.3) is 0 Å². The van der Waals surface area contributed by atoms with Crippen LogP contribution in [-0.4, -0.2) is 0 Å². The van der Waals surface area contributed by atoms with Crippen molar-refractivity contribution in [3.63, 3.8) is 0 Å². The first kappa shape index (κ1) is 18.5. The zero-order chi connectivity index (χ0) is 15.9. The summed E-state index contributed by atoms with van der Waals surface area (Å²) in [6.45, 7) is 5.95. The van der Waals surface area contributed by atoms with Crippen LogP contribution in [0, 0.1) is 0 Å². The molecule has 0 saturated heterocycles. The Balaban J connectivity index is 1.87. The van der Waals surface area contributed by atoms with Gasteiger partial charge in [0, 0.05) is 21.5 Å². The highest BCUT2D eigenvalue weighted by Gasteiger charge is 2.00. The Morgan fingerprint density at radius 3 is 2.27 bits per heavy atom. The van der Waals surface area contributed by atoms with Crippen LogP contribution >= 0.6 is 0 Å². The van der Waals surface area contributed by atoms with Gasteiger partial charge in [0.15, 0.2) is 5.75 Å². The average molecular weight is 310 g/mol. The van der Waals surface area contributed by atoms with Crippen molar-refractivity contribution in [1.29, 1.82) is 0 Å². The Morgan fingerprint density at radius 1 is 0.864 bits per heavy atom. The van der Waals surface area contributed by atoms with Gasteiger partial charge < -0.3 is 9.78 Å². The Morgan fingerprint density at radius 2 is 1.55 bits per heavy atom. The Kier molecular flexibility index (Phi) is 11.0. The van der Waals surface area contributed by atoms with Crippen molar-refractivity contribution < 1.29 is 24.9 Å². The van der Waals surface area contributed by atoms with Gasteiger partial charge in [-0.3, -0.25) is 0 Å². The number of allylic oxidation sites excluding steroid dienone is 1. The highest BCUT2D eigenvalue weighted by atomic mass is 17.8. The number of unbranched alkanes of at least 4 members (excludes halogenated alkanes) is 6. The molecule has 0 aliphatic heterocycles. The van der Waals surface area contributed by atoms with E-state index >= 15 is 0 Å². The molecular weight excluding hydrogens is 284 g/mol. The van der Waals surface area contributed by atoms with E-state index in [-0.39, 0.29) is 0 Å². The third kappa shape index (κ3) is 10.2. The fraction of sp³-hybridized carbons (Fsp3) is 0.529. The van der Waals surface area contributed by atoms with Gasteiger partial charge in [0.1, 0.15) is 5.76 Å². The molecule has 0 radical (unpaired) electrons. The van der Waals surface area contributed by atoms with Crippen LogP contribution in [0.5, 0.6) is 5.75 Å². The van der Waals surface area contributed by atoms with E-state index in [9.17, 15) is 0 Å². The first-order valence-corrected chi connectivity index (χ1v) is 7.90. The van der Waals surface area contributed by atoms with E-state index in [1.807, 2.05) is 6.07 Å². The molecule has 22 heavy (non-hydrogen) atoms. The van der Waals surface area contributed by atoms with Crippen molar-refractivity contribution in [2.45, 2.75) is 58.3 Å². The molecule has 0 fully saturated rings. The number of benzene rings is 1. The summed E-state index contributed by atoms with van der Waals surface area (Å²) in [5, 5.41) is 13.0. The van der Waals surface area contributed by atoms with Crippen LogP contribution in [-0.2, 0) is 20.0 Å². The predicted octanol–water partition coefficient (Wildman–Crippen LogP) is 5.45. The molecule has 0 unspecified atom stereocenters. The summed E-state index contributed by atoms with van der Waals surface area (Å²) < 4.78 is 0. The van der Waals surface area contributed by atoms with E-state index in [1.165, 1.54) is 38.5 Å². The minimum Gasteiger partial charge on any atom is -0.311 e. The minimum atomic E-state index is 0.494. The maximum atomic E-state index is 4.80. The molecule has 124 valence electrons. The SMILES string of the molecule is C=C(CCCCCCCCC)OOOOOc1ccccc1. The van der Waals surface area contributed by atoms with Crippen molar-refractivity contribution in [1.82, 2.24) is 0 Å². The topological polar surface area (TPSA) is 46.2 Å². The molecule has 5 nitrogen and oxygen atoms in total. The molecule has 5 heteroatoms. The Labute approximate surface area is 132 Å². The van der Waals surface area contributed by atoms with Crippen LogP contribution < -0.4 is 4.89 Å². The second-order valence-electron chi connectivity index (χ2n) is 5.09. The largest absolute Gasteiger partial charge is 0.311 e. The van der Waals surface area contributed by atoms with Gasteiger partial charge in [0.05, 0.1) is 0 Å². The molecule has 0 heterocycles.